The zero-order valence-electron chi connectivity index (χ0n) is 24.7. The molecule has 46 heavy (non-hydrogen) atoms. The Hall–Kier alpha value is -6.40. The summed E-state index contributed by atoms with van der Waals surface area (Å²) in [6, 6.07) is 51.7. The van der Waals surface area contributed by atoms with E-state index in [0.29, 0.717) is 17.6 Å². The summed E-state index contributed by atoms with van der Waals surface area (Å²) in [4.78, 5) is 20.3. The predicted molar refractivity (Wildman–Crippen MR) is 185 cm³/mol. The molecule has 0 fully saturated rings. The Kier molecular flexibility index (Phi) is 6.03. The van der Waals surface area contributed by atoms with Crippen LogP contribution in [0.3, 0.4) is 0 Å². The van der Waals surface area contributed by atoms with Crippen LogP contribution in [0.5, 0.6) is 0 Å². The van der Waals surface area contributed by atoms with Gasteiger partial charge < -0.3 is 0 Å². The molecule has 0 aliphatic rings. The lowest BCUT2D eigenvalue weighted by Gasteiger charge is -2.11. The fourth-order valence-electron chi connectivity index (χ4n) is 6.30. The zero-order chi connectivity index (χ0) is 30.5. The van der Waals surface area contributed by atoms with Gasteiger partial charge in [0.25, 0.3) is 0 Å². The zero-order valence-corrected chi connectivity index (χ0v) is 24.7. The molecule has 0 unspecified atom stereocenters. The fraction of sp³-hybridized carbons (Fsp3) is 0. The van der Waals surface area contributed by atoms with Gasteiger partial charge in [-0.3, -0.25) is 8.97 Å². The van der Waals surface area contributed by atoms with E-state index in [2.05, 4.69) is 81.9 Å². The first-order valence-corrected chi connectivity index (χ1v) is 15.3. The molecule has 9 rings (SSSR count). The third kappa shape index (κ3) is 4.27. The van der Waals surface area contributed by atoms with E-state index in [4.69, 9.17) is 19.9 Å². The molecular formula is C40H26N6. The van der Waals surface area contributed by atoms with Crippen molar-refractivity contribution in [2.24, 2.45) is 0 Å². The highest BCUT2D eigenvalue weighted by Gasteiger charge is 2.21. The Labute approximate surface area is 264 Å². The number of para-hydroxylation sites is 1. The Bertz CT molecular complexity index is 2460. The van der Waals surface area contributed by atoms with Gasteiger partial charge in [0, 0.05) is 39.2 Å². The van der Waals surface area contributed by atoms with E-state index in [1.165, 1.54) is 0 Å². The molecule has 9 aromatic rings. The average molecular weight is 591 g/mol. The van der Waals surface area contributed by atoms with E-state index in [-0.39, 0.29) is 0 Å². The highest BCUT2D eigenvalue weighted by Crippen LogP contribution is 2.38. The number of hydrogen-bond donors (Lipinski definition) is 0. The maximum atomic E-state index is 5.14. The van der Waals surface area contributed by atoms with Crippen molar-refractivity contribution in [3.05, 3.63) is 158 Å². The van der Waals surface area contributed by atoms with Crippen molar-refractivity contribution < 1.29 is 0 Å². The van der Waals surface area contributed by atoms with Gasteiger partial charge in [0.2, 0.25) is 5.95 Å². The van der Waals surface area contributed by atoms with Gasteiger partial charge in [0.1, 0.15) is 5.65 Å². The predicted octanol–water partition coefficient (Wildman–Crippen LogP) is 9.28. The number of nitrogens with zero attached hydrogens (tertiary/aromatic N) is 6. The van der Waals surface area contributed by atoms with E-state index in [0.717, 1.165) is 61.1 Å². The molecule has 6 heteroatoms. The minimum absolute atomic E-state index is 0.564. The van der Waals surface area contributed by atoms with Crippen LogP contribution in [-0.2, 0) is 0 Å². The number of aromatic nitrogens is 6. The highest BCUT2D eigenvalue weighted by molar-refractivity contribution is 6.10. The SMILES string of the molecule is c1ccc(-c2nc(-c3ccccc3)nc(-n3c4ccccc4c4ccc(-c5nc6ccccn6c5-c5ccccc5)cc43)n2)cc1. The van der Waals surface area contributed by atoms with Crippen molar-refractivity contribution in [2.45, 2.75) is 0 Å². The summed E-state index contributed by atoms with van der Waals surface area (Å²) in [7, 11) is 0. The van der Waals surface area contributed by atoms with E-state index >= 15 is 0 Å². The van der Waals surface area contributed by atoms with Crippen molar-refractivity contribution in [1.29, 1.82) is 0 Å². The van der Waals surface area contributed by atoms with Crippen molar-refractivity contribution in [3.63, 3.8) is 0 Å². The van der Waals surface area contributed by atoms with Crippen molar-refractivity contribution in [1.82, 2.24) is 28.9 Å². The standard InChI is InChI=1S/C40H26N6/c1-4-14-27(15-5-1)37-36(41-35-22-12-13-25-45(35)37)30-23-24-32-31-20-10-11-21-33(31)46(34(32)26-30)40-43-38(28-16-6-2-7-17-28)42-39(44-40)29-18-8-3-9-19-29/h1-26H. The molecule has 0 N–H and O–H groups in total. The second-order valence-electron chi connectivity index (χ2n) is 11.2. The monoisotopic (exact) mass is 590 g/mol. The summed E-state index contributed by atoms with van der Waals surface area (Å²) < 4.78 is 4.32. The van der Waals surface area contributed by atoms with Crippen molar-refractivity contribution in [3.8, 4) is 51.2 Å². The van der Waals surface area contributed by atoms with Crippen molar-refractivity contribution >= 4 is 27.5 Å². The lowest BCUT2D eigenvalue weighted by Crippen LogP contribution is -2.06. The lowest BCUT2D eigenvalue weighted by atomic mass is 10.0. The molecule has 0 saturated heterocycles. The molecule has 0 radical (unpaired) electrons. The molecule has 216 valence electrons. The molecule has 0 atom stereocenters. The number of pyridine rings is 1. The first-order chi connectivity index (χ1) is 22.8. The molecule has 5 aromatic carbocycles. The number of hydrogen-bond acceptors (Lipinski definition) is 4. The molecule has 0 bridgehead atoms. The summed E-state index contributed by atoms with van der Waals surface area (Å²) in [6.07, 6.45) is 2.07. The number of rotatable bonds is 5. The maximum Gasteiger partial charge on any atom is 0.238 e. The van der Waals surface area contributed by atoms with E-state index in [9.17, 15) is 0 Å². The van der Waals surface area contributed by atoms with Crippen LogP contribution in [0.1, 0.15) is 0 Å². The van der Waals surface area contributed by atoms with Crippen LogP contribution in [0.4, 0.5) is 0 Å². The van der Waals surface area contributed by atoms with Crippen LogP contribution in [0, 0.1) is 0 Å². The van der Waals surface area contributed by atoms with Crippen LogP contribution in [0.2, 0.25) is 0 Å². The largest absolute Gasteiger partial charge is 0.299 e. The smallest absolute Gasteiger partial charge is 0.238 e. The van der Waals surface area contributed by atoms with Crippen LogP contribution < -0.4 is 0 Å². The summed E-state index contributed by atoms with van der Waals surface area (Å²) in [5.74, 6) is 1.81. The van der Waals surface area contributed by atoms with Crippen molar-refractivity contribution in [2.75, 3.05) is 0 Å². The molecule has 0 spiro atoms. The van der Waals surface area contributed by atoms with Crippen LogP contribution in [-0.4, -0.2) is 28.9 Å². The minimum Gasteiger partial charge on any atom is -0.299 e. The van der Waals surface area contributed by atoms with Gasteiger partial charge in [0.15, 0.2) is 11.6 Å². The molecule has 4 aromatic heterocycles. The minimum atomic E-state index is 0.564. The van der Waals surface area contributed by atoms with Gasteiger partial charge in [-0.1, -0.05) is 127 Å². The van der Waals surface area contributed by atoms with E-state index in [1.807, 2.05) is 84.9 Å². The molecule has 0 aliphatic carbocycles. The van der Waals surface area contributed by atoms with Crippen LogP contribution in [0.15, 0.2) is 158 Å². The molecule has 0 aliphatic heterocycles. The van der Waals surface area contributed by atoms with Gasteiger partial charge in [0.05, 0.1) is 22.4 Å². The number of fused-ring (bicyclic) bond motifs is 4. The topological polar surface area (TPSA) is 60.9 Å². The number of imidazole rings is 1. The molecule has 4 heterocycles. The summed E-state index contributed by atoms with van der Waals surface area (Å²) in [6.45, 7) is 0. The quantitative estimate of drug-likeness (QED) is 0.200. The first-order valence-electron chi connectivity index (χ1n) is 15.3. The summed E-state index contributed by atoms with van der Waals surface area (Å²) >= 11 is 0. The van der Waals surface area contributed by atoms with Crippen LogP contribution >= 0.6 is 0 Å². The molecular weight excluding hydrogens is 564 g/mol. The van der Waals surface area contributed by atoms with Gasteiger partial charge in [-0.25, -0.2) is 9.97 Å². The lowest BCUT2D eigenvalue weighted by molar-refractivity contribution is 0.953. The Balaban J connectivity index is 1.33. The fourth-order valence-corrected chi connectivity index (χ4v) is 6.30. The first kappa shape index (κ1) is 26.0. The Morgan fingerprint density at radius 3 is 1.70 bits per heavy atom. The second-order valence-corrected chi connectivity index (χ2v) is 11.2. The highest BCUT2D eigenvalue weighted by atomic mass is 15.2. The Morgan fingerprint density at radius 1 is 0.413 bits per heavy atom. The second kappa shape index (κ2) is 10.6. The van der Waals surface area contributed by atoms with Gasteiger partial charge in [-0.15, -0.1) is 0 Å². The third-order valence-corrected chi connectivity index (χ3v) is 8.41. The molecule has 6 nitrogen and oxygen atoms in total. The van der Waals surface area contributed by atoms with E-state index in [1.54, 1.807) is 0 Å². The molecule has 0 amide bonds. The molecule has 0 saturated carbocycles. The van der Waals surface area contributed by atoms with Gasteiger partial charge >= 0.3 is 0 Å². The van der Waals surface area contributed by atoms with Crippen LogP contribution in [0.25, 0.3) is 78.7 Å². The average Bonchev–Trinajstić information content (AvgIpc) is 3.68. The van der Waals surface area contributed by atoms with Gasteiger partial charge in [-0.05, 0) is 24.3 Å². The maximum absolute atomic E-state index is 5.14. The normalized spacial score (nSPS) is 11.5. The van der Waals surface area contributed by atoms with Gasteiger partial charge in [-0.2, -0.15) is 9.97 Å². The summed E-state index contributed by atoms with van der Waals surface area (Å²) in [5, 5.41) is 2.25. The number of benzene rings is 5. The van der Waals surface area contributed by atoms with E-state index < -0.39 is 0 Å². The third-order valence-electron chi connectivity index (χ3n) is 8.41. The Morgan fingerprint density at radius 2 is 1.00 bits per heavy atom. The summed E-state index contributed by atoms with van der Waals surface area (Å²) in [5.41, 5.74) is 8.88.